The van der Waals surface area contributed by atoms with Gasteiger partial charge in [0.2, 0.25) is 0 Å². The number of benzene rings is 1. The molecule has 1 aromatic rings. The molecular weight excluding hydrogens is 237 g/mol. The Hall–Kier alpha value is -1.33. The van der Waals surface area contributed by atoms with Gasteiger partial charge in [-0.2, -0.15) is 0 Å². The SMILES string of the molecule is Oc1ccc(C(O)CNC2CCCC2)c(F)c1O. The Balaban J connectivity index is 1.99. The van der Waals surface area contributed by atoms with E-state index in [0.29, 0.717) is 6.04 Å². The topological polar surface area (TPSA) is 72.7 Å². The van der Waals surface area contributed by atoms with Crippen LogP contribution in [0.3, 0.4) is 0 Å². The highest BCUT2D eigenvalue weighted by Crippen LogP contribution is 2.32. The number of aromatic hydroxyl groups is 2. The smallest absolute Gasteiger partial charge is 0.194 e. The van der Waals surface area contributed by atoms with Crippen molar-refractivity contribution in [3.8, 4) is 11.5 Å². The van der Waals surface area contributed by atoms with Crippen LogP contribution in [0.1, 0.15) is 37.4 Å². The van der Waals surface area contributed by atoms with Gasteiger partial charge in [-0.1, -0.05) is 12.8 Å². The van der Waals surface area contributed by atoms with Crippen LogP contribution in [0, 0.1) is 5.82 Å². The number of hydrogen-bond donors (Lipinski definition) is 4. The third-order valence-electron chi connectivity index (χ3n) is 3.44. The second-order valence-corrected chi connectivity index (χ2v) is 4.74. The third kappa shape index (κ3) is 2.73. The fraction of sp³-hybridized carbons (Fsp3) is 0.538. The first-order chi connectivity index (χ1) is 8.59. The number of aliphatic hydroxyl groups excluding tert-OH is 1. The normalized spacial score (nSPS) is 18.1. The molecule has 0 heterocycles. The van der Waals surface area contributed by atoms with Crippen LogP contribution >= 0.6 is 0 Å². The summed E-state index contributed by atoms with van der Waals surface area (Å²) in [6.07, 6.45) is 3.49. The van der Waals surface area contributed by atoms with Crippen LogP contribution in [0.2, 0.25) is 0 Å². The van der Waals surface area contributed by atoms with Crippen LogP contribution in [0.15, 0.2) is 12.1 Å². The summed E-state index contributed by atoms with van der Waals surface area (Å²) in [5, 5.41) is 31.4. The molecule has 0 amide bonds. The first-order valence-electron chi connectivity index (χ1n) is 6.21. The van der Waals surface area contributed by atoms with Gasteiger partial charge in [-0.3, -0.25) is 0 Å². The maximum Gasteiger partial charge on any atom is 0.194 e. The lowest BCUT2D eigenvalue weighted by atomic mass is 10.1. The monoisotopic (exact) mass is 255 g/mol. The van der Waals surface area contributed by atoms with Crippen molar-refractivity contribution in [3.05, 3.63) is 23.5 Å². The Labute approximate surface area is 105 Å². The number of nitrogens with one attached hydrogen (secondary N) is 1. The minimum atomic E-state index is -1.03. The molecule has 0 bridgehead atoms. The second kappa shape index (κ2) is 5.54. The molecular formula is C13H18FNO3. The summed E-state index contributed by atoms with van der Waals surface area (Å²) in [5.41, 5.74) is -0.00389. The van der Waals surface area contributed by atoms with Crippen LogP contribution in [-0.4, -0.2) is 27.9 Å². The van der Waals surface area contributed by atoms with E-state index < -0.39 is 23.4 Å². The summed E-state index contributed by atoms with van der Waals surface area (Å²) in [6, 6.07) is 2.84. The third-order valence-corrected chi connectivity index (χ3v) is 3.44. The van der Waals surface area contributed by atoms with Crippen molar-refractivity contribution in [1.82, 2.24) is 5.32 Å². The van der Waals surface area contributed by atoms with Gasteiger partial charge in [0.1, 0.15) is 0 Å². The molecule has 1 atom stereocenters. The van der Waals surface area contributed by atoms with E-state index in [2.05, 4.69) is 5.32 Å². The number of phenolic OH excluding ortho intramolecular Hbond substituents is 2. The Morgan fingerprint density at radius 2 is 1.94 bits per heavy atom. The molecule has 1 unspecified atom stereocenters. The number of aliphatic hydroxyl groups is 1. The largest absolute Gasteiger partial charge is 0.504 e. The highest BCUT2D eigenvalue weighted by molar-refractivity contribution is 5.43. The lowest BCUT2D eigenvalue weighted by Crippen LogP contribution is -2.30. The molecule has 0 saturated heterocycles. The Morgan fingerprint density at radius 3 is 2.61 bits per heavy atom. The van der Waals surface area contributed by atoms with Gasteiger partial charge in [0.15, 0.2) is 17.3 Å². The number of rotatable bonds is 4. The van der Waals surface area contributed by atoms with E-state index in [9.17, 15) is 14.6 Å². The molecule has 1 aromatic carbocycles. The lowest BCUT2D eigenvalue weighted by molar-refractivity contribution is 0.164. The molecule has 4 nitrogen and oxygen atoms in total. The standard InChI is InChI=1S/C13H18FNO3/c14-12-9(5-6-10(16)13(12)18)11(17)7-15-8-3-1-2-4-8/h5-6,8,11,15-18H,1-4,7H2. The molecule has 1 aliphatic carbocycles. The zero-order chi connectivity index (χ0) is 13.1. The number of phenols is 2. The highest BCUT2D eigenvalue weighted by Gasteiger charge is 2.20. The molecule has 1 aliphatic rings. The molecule has 1 fully saturated rings. The number of hydrogen-bond acceptors (Lipinski definition) is 4. The van der Waals surface area contributed by atoms with E-state index >= 15 is 0 Å². The number of halogens is 1. The van der Waals surface area contributed by atoms with Crippen molar-refractivity contribution in [3.63, 3.8) is 0 Å². The highest BCUT2D eigenvalue weighted by atomic mass is 19.1. The van der Waals surface area contributed by atoms with E-state index in [1.165, 1.54) is 25.0 Å². The average molecular weight is 255 g/mol. The molecule has 0 aromatic heterocycles. The molecule has 1 saturated carbocycles. The molecule has 5 heteroatoms. The molecule has 0 aliphatic heterocycles. The van der Waals surface area contributed by atoms with Crippen molar-refractivity contribution >= 4 is 0 Å². The summed E-state index contributed by atoms with van der Waals surface area (Å²) < 4.78 is 13.6. The quantitative estimate of drug-likeness (QED) is 0.619. The summed E-state index contributed by atoms with van der Waals surface area (Å²) >= 11 is 0. The predicted octanol–water partition coefficient (Wildman–Crippen LogP) is 1.80. The molecule has 0 spiro atoms. The zero-order valence-corrected chi connectivity index (χ0v) is 10.1. The average Bonchev–Trinajstić information content (AvgIpc) is 2.86. The van der Waals surface area contributed by atoms with Crippen molar-refractivity contribution in [1.29, 1.82) is 0 Å². The first kappa shape index (κ1) is 13.1. The van der Waals surface area contributed by atoms with Gasteiger partial charge < -0.3 is 20.6 Å². The maximum atomic E-state index is 13.6. The Morgan fingerprint density at radius 1 is 1.28 bits per heavy atom. The Bertz CT molecular complexity index is 419. The van der Waals surface area contributed by atoms with Gasteiger partial charge in [-0.15, -0.1) is 0 Å². The van der Waals surface area contributed by atoms with Gasteiger partial charge in [0.25, 0.3) is 0 Å². The maximum absolute atomic E-state index is 13.6. The fourth-order valence-corrected chi connectivity index (χ4v) is 2.35. The van der Waals surface area contributed by atoms with Crippen molar-refractivity contribution in [2.75, 3.05) is 6.54 Å². The predicted molar refractivity (Wildman–Crippen MR) is 64.9 cm³/mol. The van der Waals surface area contributed by atoms with Gasteiger partial charge in [0, 0.05) is 18.2 Å². The van der Waals surface area contributed by atoms with Crippen LogP contribution in [-0.2, 0) is 0 Å². The zero-order valence-electron chi connectivity index (χ0n) is 10.1. The summed E-state index contributed by atoms with van der Waals surface area (Å²) in [5.74, 6) is -2.30. The molecule has 2 rings (SSSR count). The van der Waals surface area contributed by atoms with Crippen LogP contribution in [0.4, 0.5) is 4.39 Å². The van der Waals surface area contributed by atoms with E-state index in [0.717, 1.165) is 12.8 Å². The minimum absolute atomic E-state index is 0.00389. The van der Waals surface area contributed by atoms with Crippen LogP contribution < -0.4 is 5.32 Å². The van der Waals surface area contributed by atoms with Gasteiger partial charge >= 0.3 is 0 Å². The molecule has 0 radical (unpaired) electrons. The van der Waals surface area contributed by atoms with Gasteiger partial charge in [-0.25, -0.2) is 4.39 Å². The molecule has 4 N–H and O–H groups in total. The second-order valence-electron chi connectivity index (χ2n) is 4.74. The van der Waals surface area contributed by atoms with Crippen molar-refractivity contribution in [2.24, 2.45) is 0 Å². The van der Waals surface area contributed by atoms with E-state index in [1.54, 1.807) is 0 Å². The molecule has 100 valence electrons. The Kier molecular flexibility index (Phi) is 4.04. The first-order valence-corrected chi connectivity index (χ1v) is 6.21. The summed E-state index contributed by atoms with van der Waals surface area (Å²) in [6.45, 7) is 0.242. The fourth-order valence-electron chi connectivity index (χ4n) is 2.35. The van der Waals surface area contributed by atoms with Crippen molar-refractivity contribution in [2.45, 2.75) is 37.8 Å². The summed E-state index contributed by atoms with van der Waals surface area (Å²) in [7, 11) is 0. The molecule has 18 heavy (non-hydrogen) atoms. The van der Waals surface area contributed by atoms with Gasteiger partial charge in [0.05, 0.1) is 6.10 Å². The van der Waals surface area contributed by atoms with Crippen LogP contribution in [0.5, 0.6) is 11.5 Å². The van der Waals surface area contributed by atoms with Crippen molar-refractivity contribution < 1.29 is 19.7 Å². The van der Waals surface area contributed by atoms with E-state index in [4.69, 9.17) is 5.11 Å². The van der Waals surface area contributed by atoms with Crippen LogP contribution in [0.25, 0.3) is 0 Å². The van der Waals surface area contributed by atoms with E-state index in [-0.39, 0.29) is 12.1 Å². The van der Waals surface area contributed by atoms with E-state index in [1.807, 2.05) is 0 Å². The summed E-state index contributed by atoms with van der Waals surface area (Å²) in [4.78, 5) is 0. The lowest BCUT2D eigenvalue weighted by Gasteiger charge is -2.17. The minimum Gasteiger partial charge on any atom is -0.504 e. The van der Waals surface area contributed by atoms with Gasteiger partial charge in [-0.05, 0) is 25.0 Å².